The van der Waals surface area contributed by atoms with E-state index >= 15 is 0 Å². The van der Waals surface area contributed by atoms with Crippen molar-refractivity contribution in [3.05, 3.63) is 57.6 Å². The molecule has 3 saturated heterocycles. The van der Waals surface area contributed by atoms with Crippen molar-refractivity contribution in [2.75, 3.05) is 65.4 Å². The van der Waals surface area contributed by atoms with Crippen molar-refractivity contribution >= 4 is 24.3 Å². The van der Waals surface area contributed by atoms with Gasteiger partial charge >= 0.3 is 6.03 Å². The lowest BCUT2D eigenvalue weighted by atomic mass is 9.79. The maximum absolute atomic E-state index is 7.48. The van der Waals surface area contributed by atoms with Gasteiger partial charge in [0, 0.05) is 83.9 Å². The number of guanidine groups is 2. The third-order valence-electron chi connectivity index (χ3n) is 15.2. The molecule has 10 nitrogen and oxygen atoms in total. The summed E-state index contributed by atoms with van der Waals surface area (Å²) in [6.07, 6.45) is 19.1. The Balaban J connectivity index is 0.973. The van der Waals surface area contributed by atoms with E-state index in [0.717, 1.165) is 89.8 Å². The molecule has 8 aliphatic rings. The molecule has 0 radical (unpaired) electrons. The van der Waals surface area contributed by atoms with Crippen LogP contribution in [0.25, 0.3) is 0 Å². The first-order chi connectivity index (χ1) is 29.4. The summed E-state index contributed by atoms with van der Waals surface area (Å²) in [4.78, 5) is 20.3. The molecular weight excluding hydrogens is 757 g/mol. The molecule has 1 saturated carbocycles. The molecule has 328 valence electrons. The Kier molecular flexibility index (Phi) is 10.7. The number of rotatable bonds is 9. The highest BCUT2D eigenvalue weighted by Gasteiger charge is 2.76. The molecule has 10 rings (SSSR count). The molecule has 0 N–H and O–H groups in total. The van der Waals surface area contributed by atoms with Crippen molar-refractivity contribution < 1.29 is 18.6 Å². The zero-order valence-electron chi connectivity index (χ0n) is 38.6. The van der Waals surface area contributed by atoms with Crippen LogP contribution in [0.3, 0.4) is 0 Å². The molecule has 7 heterocycles. The smallest absolute Gasteiger partial charge is 0.343 e. The summed E-state index contributed by atoms with van der Waals surface area (Å²) < 4.78 is 19.9. The number of fused-ring (bicyclic) bond motifs is 7. The Morgan fingerprint density at radius 2 is 1.20 bits per heavy atom. The Labute approximate surface area is 366 Å². The van der Waals surface area contributed by atoms with E-state index in [1.165, 1.54) is 110 Å². The monoisotopic (exact) mass is 831 g/mol. The summed E-state index contributed by atoms with van der Waals surface area (Å²) in [5, 5.41) is 0. The van der Waals surface area contributed by atoms with Gasteiger partial charge in [-0.05, 0) is 117 Å². The number of nitrogens with zero attached hydrogens (tertiary/aromatic N) is 8. The van der Waals surface area contributed by atoms with Crippen LogP contribution in [0, 0.1) is 6.92 Å². The summed E-state index contributed by atoms with van der Waals surface area (Å²) in [7, 11) is 0. The van der Waals surface area contributed by atoms with E-state index in [0.29, 0.717) is 18.0 Å². The second-order valence-corrected chi connectivity index (χ2v) is 21.7. The minimum atomic E-state index is -1.04. The topological polar surface area (TPSA) is 62.2 Å². The number of benzene rings is 2. The quantitative estimate of drug-likeness (QED) is 0.239. The van der Waals surface area contributed by atoms with Crippen LogP contribution in [0.4, 0.5) is 0 Å². The Bertz CT molecular complexity index is 2090. The number of hydrogen-bond donors (Lipinski definition) is 0. The molecule has 0 amide bonds. The zero-order chi connectivity index (χ0) is 42.1. The van der Waals surface area contributed by atoms with E-state index in [4.69, 9.17) is 19.5 Å². The summed E-state index contributed by atoms with van der Waals surface area (Å²) in [6.45, 7) is 27.2. The fraction of sp³-hybridized carbons (Fsp3) is 0.686. The predicted molar refractivity (Wildman–Crippen MR) is 246 cm³/mol. The zero-order valence-corrected chi connectivity index (χ0v) is 38.6. The van der Waals surface area contributed by atoms with Gasteiger partial charge in [0.2, 0.25) is 12.1 Å². The minimum absolute atomic E-state index is 0.0288. The molecule has 7 aliphatic heterocycles. The molecule has 3 atom stereocenters. The number of aryl methyl sites for hydroxylation is 1. The first-order valence-corrected chi connectivity index (χ1v) is 24.4. The van der Waals surface area contributed by atoms with Gasteiger partial charge in [0.05, 0.1) is 11.1 Å². The van der Waals surface area contributed by atoms with E-state index in [9.17, 15) is 0 Å². The molecular formula is C51H74N8O2+2. The van der Waals surface area contributed by atoms with Crippen LogP contribution in [0.15, 0.2) is 34.3 Å². The average Bonchev–Trinajstić information content (AvgIpc) is 3.52. The van der Waals surface area contributed by atoms with E-state index in [2.05, 4.69) is 114 Å². The van der Waals surface area contributed by atoms with Crippen molar-refractivity contribution in [2.24, 2.45) is 9.98 Å². The number of hydrogen-bond acceptors (Lipinski definition) is 8. The van der Waals surface area contributed by atoms with Gasteiger partial charge in [-0.3, -0.25) is 9.98 Å². The van der Waals surface area contributed by atoms with Gasteiger partial charge < -0.3 is 29.1 Å². The van der Waals surface area contributed by atoms with E-state index in [1.807, 2.05) is 0 Å². The van der Waals surface area contributed by atoms with Crippen LogP contribution in [-0.2, 0) is 10.8 Å². The van der Waals surface area contributed by atoms with Crippen molar-refractivity contribution in [1.82, 2.24) is 19.6 Å². The molecule has 2 aromatic carbocycles. The Hall–Kier alpha value is -4.08. The fourth-order valence-corrected chi connectivity index (χ4v) is 12.0. The summed E-state index contributed by atoms with van der Waals surface area (Å²) >= 11 is 0. The van der Waals surface area contributed by atoms with Gasteiger partial charge in [-0.25, -0.2) is 0 Å². The van der Waals surface area contributed by atoms with Crippen LogP contribution in [-0.4, -0.2) is 137 Å². The van der Waals surface area contributed by atoms with Gasteiger partial charge in [0.15, 0.2) is 35.8 Å². The largest absolute Gasteiger partial charge is 0.704 e. The van der Waals surface area contributed by atoms with Crippen LogP contribution < -0.4 is 9.47 Å². The Morgan fingerprint density at radius 3 is 1.75 bits per heavy atom. The molecule has 1 aliphatic carbocycles. The number of aliphatic imine (C=N–C) groups is 2. The molecule has 3 unspecified atom stereocenters. The van der Waals surface area contributed by atoms with Crippen molar-refractivity contribution in [3.63, 3.8) is 0 Å². The van der Waals surface area contributed by atoms with Gasteiger partial charge in [-0.1, -0.05) is 62.8 Å². The van der Waals surface area contributed by atoms with E-state index in [-0.39, 0.29) is 10.8 Å². The highest BCUT2D eigenvalue weighted by Crippen LogP contribution is 2.49. The van der Waals surface area contributed by atoms with Crippen molar-refractivity contribution in [3.8, 4) is 11.5 Å². The van der Waals surface area contributed by atoms with Gasteiger partial charge in [-0.2, -0.15) is 0 Å². The lowest BCUT2D eigenvalue weighted by Gasteiger charge is -2.41. The first kappa shape index (κ1) is 41.0. The summed E-state index contributed by atoms with van der Waals surface area (Å²) in [6, 6.07) is 9.36. The van der Waals surface area contributed by atoms with Gasteiger partial charge in [0.25, 0.3) is 0 Å². The molecule has 2 aromatic rings. The molecule has 61 heavy (non-hydrogen) atoms. The number of ether oxygens (including phenoxy) is 2. The normalized spacial score (nSPS) is 25.7. The predicted octanol–water partition coefficient (Wildman–Crippen LogP) is 8.05. The standard InChI is InChI=1S/C51H74N8O2/c1-36-30-38(37(16-10-22-54-26-14-28-56-24-12-20-52-47(54)56)17-11-23-55-27-15-29-57-25-13-21-53-48(55)57)31-39-34-58-43-18-8-9-19-44(43)59-35-40-32-41(49(2,3)4)33-42(50(5,6)7)46(40)61-51(58,59)60-45(36)39/h30-35,37,43-44H,8-29H2,1-7H3/q+2. The van der Waals surface area contributed by atoms with Crippen LogP contribution in [0.1, 0.15) is 158 Å². The van der Waals surface area contributed by atoms with Crippen LogP contribution >= 0.6 is 0 Å². The van der Waals surface area contributed by atoms with Crippen molar-refractivity contribution in [2.45, 2.75) is 160 Å². The highest BCUT2D eigenvalue weighted by molar-refractivity contribution is 5.85. The molecule has 10 heteroatoms. The maximum atomic E-state index is 7.48. The van der Waals surface area contributed by atoms with Gasteiger partial charge in [0.1, 0.15) is 0 Å². The maximum Gasteiger partial charge on any atom is 0.704 e. The second-order valence-electron chi connectivity index (χ2n) is 21.7. The summed E-state index contributed by atoms with van der Waals surface area (Å²) in [5.41, 5.74) is 7.58. The average molecular weight is 831 g/mol. The van der Waals surface area contributed by atoms with Crippen LogP contribution in [0.5, 0.6) is 11.5 Å². The lowest BCUT2D eigenvalue weighted by molar-refractivity contribution is -0.866. The summed E-state index contributed by atoms with van der Waals surface area (Å²) in [5.74, 6) is 4.93. The first-order valence-electron chi connectivity index (χ1n) is 24.4. The third-order valence-corrected chi connectivity index (χ3v) is 15.2. The second kappa shape index (κ2) is 15.9. The lowest BCUT2D eigenvalue weighted by Crippen LogP contribution is -2.60. The SMILES string of the molecule is Cc1cc(C(CCCN2CCCN3CCCN=C32)CCCN2CCCN3CCCN=C32)cc2c1OC13Oc4c(cc(C(C)(C)C)cc4C(C)(C)C)C=[N+]1C1CCCCC1[N+]3=C2. The highest BCUT2D eigenvalue weighted by atomic mass is 16.7. The molecule has 0 aromatic heterocycles. The third kappa shape index (κ3) is 7.53. The minimum Gasteiger partial charge on any atom is -0.343 e. The van der Waals surface area contributed by atoms with E-state index in [1.54, 1.807) is 0 Å². The van der Waals surface area contributed by atoms with Crippen molar-refractivity contribution in [1.29, 1.82) is 0 Å². The van der Waals surface area contributed by atoms with E-state index < -0.39 is 6.03 Å². The Morgan fingerprint density at radius 1 is 0.656 bits per heavy atom. The molecule has 1 spiro atoms. The fourth-order valence-electron chi connectivity index (χ4n) is 12.0. The van der Waals surface area contributed by atoms with Gasteiger partial charge in [-0.15, -0.1) is 0 Å². The molecule has 4 fully saturated rings. The van der Waals surface area contributed by atoms with Crippen LogP contribution in [0.2, 0.25) is 0 Å². The molecule has 0 bridgehead atoms.